The molecule has 4 atom stereocenters. The third-order valence-corrected chi connectivity index (χ3v) is 6.66. The van der Waals surface area contributed by atoms with Crippen molar-refractivity contribution in [2.75, 3.05) is 19.7 Å². The van der Waals surface area contributed by atoms with Crippen molar-refractivity contribution in [3.05, 3.63) is 41.5 Å². The highest BCUT2D eigenvalue weighted by Gasteiger charge is 2.62. The molecule has 0 aromatic heterocycles. The number of para-hydroxylation sites is 1. The van der Waals surface area contributed by atoms with Crippen LogP contribution in [-0.4, -0.2) is 41.5 Å². The van der Waals surface area contributed by atoms with Gasteiger partial charge in [0.05, 0.1) is 5.69 Å². The lowest BCUT2D eigenvalue weighted by molar-refractivity contribution is 0.0292. The van der Waals surface area contributed by atoms with Gasteiger partial charge in [0.2, 0.25) is 0 Å². The summed E-state index contributed by atoms with van der Waals surface area (Å²) in [6, 6.07) is 9.10. The van der Waals surface area contributed by atoms with Crippen LogP contribution >= 0.6 is 0 Å². The second-order valence-corrected chi connectivity index (χ2v) is 7.22. The number of nitrogens with zero attached hydrogens (tertiary/aromatic N) is 2. The van der Waals surface area contributed by atoms with E-state index in [1.54, 1.807) is 0 Å². The van der Waals surface area contributed by atoms with Crippen molar-refractivity contribution in [1.82, 2.24) is 4.90 Å². The van der Waals surface area contributed by atoms with Gasteiger partial charge >= 0.3 is 0 Å². The van der Waals surface area contributed by atoms with Crippen LogP contribution in [0.1, 0.15) is 25.3 Å². The van der Waals surface area contributed by atoms with Crippen molar-refractivity contribution in [2.24, 2.45) is 16.8 Å². The standard InChI is InChI=1S/C19H22N2O/c1-2-12-10-21-8-7-19-14-5-3-4-6-16(14)20-18(19)17(21)9-13(12)15(19)11-22/h2-6,13,15,17,22H,7-11H2,1H3/b12-2-/t13-,15+,17-,19-/m0/s1. The molecule has 0 radical (unpaired) electrons. The predicted molar refractivity (Wildman–Crippen MR) is 87.6 cm³/mol. The van der Waals surface area contributed by atoms with Crippen LogP contribution < -0.4 is 0 Å². The van der Waals surface area contributed by atoms with Crippen LogP contribution in [0.15, 0.2) is 40.9 Å². The minimum Gasteiger partial charge on any atom is -0.396 e. The largest absolute Gasteiger partial charge is 0.396 e. The summed E-state index contributed by atoms with van der Waals surface area (Å²) < 4.78 is 0. The molecular weight excluding hydrogens is 272 g/mol. The number of piperidine rings is 2. The Labute approximate surface area is 131 Å². The number of aliphatic hydroxyl groups is 1. The summed E-state index contributed by atoms with van der Waals surface area (Å²) in [5, 5.41) is 10.3. The molecule has 3 nitrogen and oxygen atoms in total. The topological polar surface area (TPSA) is 35.8 Å². The van der Waals surface area contributed by atoms with E-state index in [4.69, 9.17) is 4.99 Å². The molecule has 3 heteroatoms. The quantitative estimate of drug-likeness (QED) is 0.808. The van der Waals surface area contributed by atoms with Gasteiger partial charge in [-0.1, -0.05) is 29.8 Å². The van der Waals surface area contributed by atoms with Gasteiger partial charge in [0, 0.05) is 42.8 Å². The summed E-state index contributed by atoms with van der Waals surface area (Å²) in [6.07, 6.45) is 4.54. The first kappa shape index (κ1) is 13.0. The maximum Gasteiger partial charge on any atom is 0.0671 e. The lowest BCUT2D eigenvalue weighted by Gasteiger charge is -2.60. The smallest absolute Gasteiger partial charge is 0.0671 e. The second-order valence-electron chi connectivity index (χ2n) is 7.22. The summed E-state index contributed by atoms with van der Waals surface area (Å²) >= 11 is 0. The lowest BCUT2D eigenvalue weighted by atomic mass is 9.51. The number of aliphatic imine (C=N–C) groups is 1. The number of benzene rings is 1. The van der Waals surface area contributed by atoms with Gasteiger partial charge in [-0.25, -0.2) is 0 Å². The summed E-state index contributed by atoms with van der Waals surface area (Å²) in [5.74, 6) is 0.807. The molecule has 1 aromatic rings. The van der Waals surface area contributed by atoms with E-state index in [0.717, 1.165) is 31.6 Å². The predicted octanol–water partition coefficient (Wildman–Crippen LogP) is 2.67. The fraction of sp³-hybridized carbons (Fsp3) is 0.526. The Morgan fingerprint density at radius 3 is 3.09 bits per heavy atom. The number of rotatable bonds is 1. The molecule has 5 rings (SSSR count). The first-order chi connectivity index (χ1) is 10.8. The van der Waals surface area contributed by atoms with Crippen molar-refractivity contribution >= 4 is 11.4 Å². The van der Waals surface area contributed by atoms with Crippen LogP contribution in [0.25, 0.3) is 0 Å². The van der Waals surface area contributed by atoms with Crippen LogP contribution in [-0.2, 0) is 5.41 Å². The Kier molecular flexibility index (Phi) is 2.55. The Morgan fingerprint density at radius 1 is 1.41 bits per heavy atom. The fourth-order valence-corrected chi connectivity index (χ4v) is 5.72. The van der Waals surface area contributed by atoms with Crippen LogP contribution in [0.3, 0.4) is 0 Å². The van der Waals surface area contributed by atoms with Gasteiger partial charge in [0.15, 0.2) is 0 Å². The zero-order chi connectivity index (χ0) is 14.9. The molecule has 3 heterocycles. The van der Waals surface area contributed by atoms with Crippen LogP contribution in [0, 0.1) is 11.8 Å². The molecule has 2 saturated heterocycles. The molecule has 22 heavy (non-hydrogen) atoms. The highest BCUT2D eigenvalue weighted by atomic mass is 16.3. The van der Waals surface area contributed by atoms with E-state index in [9.17, 15) is 5.11 Å². The van der Waals surface area contributed by atoms with Crippen molar-refractivity contribution < 1.29 is 5.11 Å². The monoisotopic (exact) mass is 294 g/mol. The molecule has 0 unspecified atom stereocenters. The first-order valence-corrected chi connectivity index (χ1v) is 8.48. The molecule has 1 saturated carbocycles. The Balaban J connectivity index is 1.77. The third-order valence-electron chi connectivity index (χ3n) is 6.66. The Bertz CT molecular complexity index is 707. The molecule has 1 aromatic carbocycles. The normalized spacial score (nSPS) is 40.5. The van der Waals surface area contributed by atoms with Crippen molar-refractivity contribution in [3.8, 4) is 0 Å². The Morgan fingerprint density at radius 2 is 2.27 bits per heavy atom. The molecular formula is C19H22N2O. The molecule has 114 valence electrons. The molecule has 0 spiro atoms. The van der Waals surface area contributed by atoms with E-state index in [1.165, 1.54) is 16.8 Å². The number of allylic oxidation sites excluding steroid dienone is 1. The van der Waals surface area contributed by atoms with Crippen molar-refractivity contribution in [3.63, 3.8) is 0 Å². The van der Waals surface area contributed by atoms with E-state index in [0.29, 0.717) is 17.9 Å². The summed E-state index contributed by atoms with van der Waals surface area (Å²) in [5.41, 5.74) is 5.38. The van der Waals surface area contributed by atoms with Gasteiger partial charge in [0.1, 0.15) is 0 Å². The van der Waals surface area contributed by atoms with E-state index in [1.807, 2.05) is 0 Å². The maximum absolute atomic E-state index is 10.3. The fourth-order valence-electron chi connectivity index (χ4n) is 5.72. The minimum atomic E-state index is -0.00981. The van der Waals surface area contributed by atoms with Gasteiger partial charge in [-0.3, -0.25) is 9.89 Å². The van der Waals surface area contributed by atoms with Gasteiger partial charge in [-0.05, 0) is 37.3 Å². The van der Waals surface area contributed by atoms with Crippen LogP contribution in [0.4, 0.5) is 5.69 Å². The number of hydrogen-bond donors (Lipinski definition) is 1. The molecule has 0 amide bonds. The van der Waals surface area contributed by atoms with Gasteiger partial charge in [-0.2, -0.15) is 0 Å². The van der Waals surface area contributed by atoms with Crippen molar-refractivity contribution in [2.45, 2.75) is 31.2 Å². The highest BCUT2D eigenvalue weighted by Crippen LogP contribution is 2.59. The summed E-state index contributed by atoms with van der Waals surface area (Å²) in [7, 11) is 0. The average molecular weight is 294 g/mol. The van der Waals surface area contributed by atoms with Gasteiger partial charge in [-0.15, -0.1) is 0 Å². The summed E-state index contributed by atoms with van der Waals surface area (Å²) in [6.45, 7) is 4.61. The van der Waals surface area contributed by atoms with E-state index < -0.39 is 0 Å². The zero-order valence-corrected chi connectivity index (χ0v) is 13.0. The third kappa shape index (κ3) is 1.33. The number of hydrogen-bond acceptors (Lipinski definition) is 3. The Hall–Kier alpha value is -1.45. The second kappa shape index (κ2) is 4.30. The van der Waals surface area contributed by atoms with Crippen LogP contribution in [0.5, 0.6) is 0 Å². The summed E-state index contributed by atoms with van der Waals surface area (Å²) in [4.78, 5) is 7.67. The molecule has 3 aliphatic heterocycles. The van der Waals surface area contributed by atoms with Crippen LogP contribution in [0.2, 0.25) is 0 Å². The highest BCUT2D eigenvalue weighted by molar-refractivity contribution is 6.07. The van der Waals surface area contributed by atoms with E-state index in [-0.39, 0.29) is 12.0 Å². The first-order valence-electron chi connectivity index (χ1n) is 8.48. The molecule has 1 N–H and O–H groups in total. The maximum atomic E-state index is 10.3. The molecule has 3 bridgehead atoms. The van der Waals surface area contributed by atoms with E-state index in [2.05, 4.69) is 42.2 Å². The number of aliphatic hydroxyl groups excluding tert-OH is 1. The van der Waals surface area contributed by atoms with E-state index >= 15 is 0 Å². The van der Waals surface area contributed by atoms with Gasteiger partial charge < -0.3 is 5.11 Å². The van der Waals surface area contributed by atoms with Crippen molar-refractivity contribution in [1.29, 1.82) is 0 Å². The number of fused-ring (bicyclic) bond motifs is 2. The van der Waals surface area contributed by atoms with Gasteiger partial charge in [0.25, 0.3) is 0 Å². The molecule has 1 aliphatic carbocycles. The SMILES string of the molecule is C/C=C1/CN2CC[C@]34C(=Nc5ccccc53)[C@@H]2C[C@@H]1[C@H]4CO. The average Bonchev–Trinajstić information content (AvgIpc) is 2.90. The lowest BCUT2D eigenvalue weighted by Crippen LogP contribution is -2.68. The zero-order valence-electron chi connectivity index (χ0n) is 13.0. The molecule has 3 fully saturated rings. The minimum absolute atomic E-state index is 0.00981. The molecule has 4 aliphatic rings.